The molecule has 1 aromatic rings. The summed E-state index contributed by atoms with van der Waals surface area (Å²) < 4.78 is 6.06. The van der Waals surface area contributed by atoms with Gasteiger partial charge in [0.05, 0.1) is 0 Å². The number of rotatable bonds is 7. The summed E-state index contributed by atoms with van der Waals surface area (Å²) in [6.07, 6.45) is 16.3. The van der Waals surface area contributed by atoms with Gasteiger partial charge in [-0.15, -0.1) is 0 Å². The van der Waals surface area contributed by atoms with E-state index in [0.717, 1.165) is 29.4 Å². The van der Waals surface area contributed by atoms with Crippen molar-refractivity contribution in [3.63, 3.8) is 0 Å². The summed E-state index contributed by atoms with van der Waals surface area (Å²) in [6, 6.07) is 9.01. The molecule has 2 N–H and O–H groups in total. The van der Waals surface area contributed by atoms with Gasteiger partial charge in [-0.1, -0.05) is 26.0 Å². The summed E-state index contributed by atoms with van der Waals surface area (Å²) in [4.78, 5) is 0. The number of aliphatic hydroxyl groups excluding tert-OH is 1. The van der Waals surface area contributed by atoms with Crippen LogP contribution in [0.25, 0.3) is 0 Å². The molecule has 8 aliphatic rings. The minimum absolute atomic E-state index is 0.308. The maximum atomic E-state index is 10.7. The molecule has 9 rings (SSSR count). The van der Waals surface area contributed by atoms with Crippen LogP contribution < -0.4 is 10.1 Å². The molecule has 0 aromatic heterocycles. The largest absolute Gasteiger partial charge is 0.491 e. The quantitative estimate of drug-likeness (QED) is 0.503. The van der Waals surface area contributed by atoms with Gasteiger partial charge in [0.15, 0.2) is 0 Å². The summed E-state index contributed by atoms with van der Waals surface area (Å²) in [5.41, 5.74) is 3.30. The molecule has 8 saturated carbocycles. The van der Waals surface area contributed by atoms with Crippen molar-refractivity contribution in [3.05, 3.63) is 29.8 Å². The first kappa shape index (κ1) is 22.2. The highest BCUT2D eigenvalue weighted by atomic mass is 16.5. The molecule has 186 valence electrons. The Morgan fingerprint density at radius 3 is 1.97 bits per heavy atom. The molecule has 3 heteroatoms. The molecule has 5 atom stereocenters. The lowest BCUT2D eigenvalue weighted by molar-refractivity contribution is -0.110. The van der Waals surface area contributed by atoms with Crippen LogP contribution in [-0.2, 0) is 5.41 Å². The SMILES string of the molecule is C[C@]12CC3CC(c4ccc(OCC(O)CNC56CC7CC(CC(C7)C5)C6)cc4)(C1)C[C@@](C)(C3)C2. The third-order valence-corrected chi connectivity index (χ3v) is 11.3. The average molecular weight is 464 g/mol. The molecule has 0 saturated heterocycles. The van der Waals surface area contributed by atoms with Gasteiger partial charge in [0.2, 0.25) is 0 Å². The van der Waals surface area contributed by atoms with Gasteiger partial charge in [0, 0.05) is 12.1 Å². The van der Waals surface area contributed by atoms with E-state index >= 15 is 0 Å². The lowest BCUT2D eigenvalue weighted by Crippen LogP contribution is -2.59. The van der Waals surface area contributed by atoms with Crippen LogP contribution >= 0.6 is 0 Å². The van der Waals surface area contributed by atoms with Gasteiger partial charge in [0.25, 0.3) is 0 Å². The van der Waals surface area contributed by atoms with Crippen molar-refractivity contribution < 1.29 is 9.84 Å². The standard InChI is InChI=1S/C31H45NO2/c1-28-10-24-11-29(2,18-28)20-30(12-24,19-28)25-3-5-27(6-4-25)34-17-26(33)16-32-31-13-21-7-22(14-31)9-23(8-21)15-31/h3-6,21-24,26,32-33H,7-20H2,1-2H3/t21?,22?,23?,24?,26?,28-,29+,30?,31?. The Kier molecular flexibility index (Phi) is 4.87. The summed E-state index contributed by atoms with van der Waals surface area (Å²) in [5, 5.41) is 14.5. The van der Waals surface area contributed by atoms with E-state index in [2.05, 4.69) is 43.4 Å². The Bertz CT molecular complexity index is 884. The molecular formula is C31H45NO2. The Labute approximate surface area is 206 Å². The van der Waals surface area contributed by atoms with Crippen LogP contribution in [0.3, 0.4) is 0 Å². The van der Waals surface area contributed by atoms with E-state index in [4.69, 9.17) is 4.74 Å². The van der Waals surface area contributed by atoms with Gasteiger partial charge >= 0.3 is 0 Å². The first-order valence-electron chi connectivity index (χ1n) is 14.4. The minimum atomic E-state index is -0.448. The van der Waals surface area contributed by atoms with Gasteiger partial charge < -0.3 is 15.2 Å². The van der Waals surface area contributed by atoms with Gasteiger partial charge in [-0.2, -0.15) is 0 Å². The molecule has 8 bridgehead atoms. The fourth-order valence-electron chi connectivity index (χ4n) is 11.6. The summed E-state index contributed by atoms with van der Waals surface area (Å²) in [7, 11) is 0. The van der Waals surface area contributed by atoms with Crippen LogP contribution in [0.15, 0.2) is 24.3 Å². The molecular weight excluding hydrogens is 418 g/mol. The number of β-amino-alcohol motifs (C(OH)–C–C–N with tert-alkyl or cyclic N) is 1. The molecule has 3 unspecified atom stereocenters. The van der Waals surface area contributed by atoms with E-state index in [1.54, 1.807) is 0 Å². The highest BCUT2D eigenvalue weighted by Gasteiger charge is 2.60. The zero-order valence-electron chi connectivity index (χ0n) is 21.5. The van der Waals surface area contributed by atoms with Gasteiger partial charge in [-0.05, 0) is 135 Å². The van der Waals surface area contributed by atoms with Crippen LogP contribution in [0.2, 0.25) is 0 Å². The van der Waals surface area contributed by atoms with Gasteiger partial charge in [-0.25, -0.2) is 0 Å². The van der Waals surface area contributed by atoms with E-state index < -0.39 is 6.10 Å². The Balaban J connectivity index is 0.957. The Morgan fingerprint density at radius 1 is 0.824 bits per heavy atom. The second kappa shape index (κ2) is 7.48. The predicted molar refractivity (Wildman–Crippen MR) is 136 cm³/mol. The van der Waals surface area contributed by atoms with Crippen molar-refractivity contribution in [2.75, 3.05) is 13.2 Å². The zero-order valence-corrected chi connectivity index (χ0v) is 21.5. The third kappa shape index (κ3) is 3.76. The average Bonchev–Trinajstić information content (AvgIpc) is 2.73. The topological polar surface area (TPSA) is 41.5 Å². The Morgan fingerprint density at radius 2 is 1.41 bits per heavy atom. The monoisotopic (exact) mass is 463 g/mol. The molecule has 0 aliphatic heterocycles. The molecule has 8 aliphatic carbocycles. The minimum Gasteiger partial charge on any atom is -0.491 e. The van der Waals surface area contributed by atoms with Crippen molar-refractivity contribution in [3.8, 4) is 5.75 Å². The van der Waals surface area contributed by atoms with Crippen molar-refractivity contribution in [1.29, 1.82) is 0 Å². The highest BCUT2D eigenvalue weighted by molar-refractivity contribution is 5.36. The van der Waals surface area contributed by atoms with Crippen molar-refractivity contribution in [2.45, 2.75) is 108 Å². The highest BCUT2D eigenvalue weighted by Crippen LogP contribution is 2.69. The van der Waals surface area contributed by atoms with Crippen molar-refractivity contribution >= 4 is 0 Å². The van der Waals surface area contributed by atoms with Crippen LogP contribution in [0, 0.1) is 34.5 Å². The van der Waals surface area contributed by atoms with E-state index in [1.807, 2.05) is 0 Å². The van der Waals surface area contributed by atoms with E-state index in [9.17, 15) is 5.11 Å². The second-order valence-electron chi connectivity index (χ2n) is 15.0. The zero-order chi connectivity index (χ0) is 23.2. The van der Waals surface area contributed by atoms with Crippen molar-refractivity contribution in [1.82, 2.24) is 5.32 Å². The van der Waals surface area contributed by atoms with E-state index in [-0.39, 0.29) is 0 Å². The summed E-state index contributed by atoms with van der Waals surface area (Å²) >= 11 is 0. The number of benzene rings is 1. The Hall–Kier alpha value is -1.06. The van der Waals surface area contributed by atoms with E-state index in [0.29, 0.717) is 34.9 Å². The fourth-order valence-corrected chi connectivity index (χ4v) is 11.6. The van der Waals surface area contributed by atoms with Crippen LogP contribution in [-0.4, -0.2) is 29.9 Å². The molecule has 0 radical (unpaired) electrons. The second-order valence-corrected chi connectivity index (χ2v) is 15.0. The summed E-state index contributed by atoms with van der Waals surface area (Å²) in [5.74, 6) is 4.62. The lowest BCUT2D eigenvalue weighted by Gasteiger charge is -2.65. The third-order valence-electron chi connectivity index (χ3n) is 11.3. The van der Waals surface area contributed by atoms with Crippen LogP contribution in [0.1, 0.15) is 96.5 Å². The maximum absolute atomic E-state index is 10.7. The van der Waals surface area contributed by atoms with Gasteiger partial charge in [0.1, 0.15) is 18.5 Å². The number of ether oxygens (including phenoxy) is 1. The smallest absolute Gasteiger partial charge is 0.119 e. The molecule has 0 heterocycles. The first-order chi connectivity index (χ1) is 16.2. The fraction of sp³-hybridized carbons (Fsp3) is 0.806. The number of aliphatic hydroxyl groups is 1. The number of nitrogens with one attached hydrogen (secondary N) is 1. The predicted octanol–water partition coefficient (Wildman–Crippen LogP) is 6.23. The molecule has 8 fully saturated rings. The number of hydrogen-bond donors (Lipinski definition) is 2. The molecule has 0 amide bonds. The van der Waals surface area contributed by atoms with Crippen LogP contribution in [0.5, 0.6) is 5.75 Å². The van der Waals surface area contributed by atoms with E-state index in [1.165, 1.54) is 82.6 Å². The normalized spacial score (nSPS) is 48.9. The van der Waals surface area contributed by atoms with Crippen LogP contribution in [0.4, 0.5) is 0 Å². The molecule has 3 nitrogen and oxygen atoms in total. The molecule has 34 heavy (non-hydrogen) atoms. The maximum Gasteiger partial charge on any atom is 0.119 e. The van der Waals surface area contributed by atoms with Gasteiger partial charge in [-0.3, -0.25) is 0 Å². The summed E-state index contributed by atoms with van der Waals surface area (Å²) in [6.45, 7) is 6.15. The molecule has 1 aromatic carbocycles. The lowest BCUT2D eigenvalue weighted by atomic mass is 9.39. The van der Waals surface area contributed by atoms with Crippen molar-refractivity contribution in [2.24, 2.45) is 34.5 Å². The molecule has 0 spiro atoms. The number of hydrogen-bond acceptors (Lipinski definition) is 3. The first-order valence-corrected chi connectivity index (χ1v) is 14.4.